The van der Waals surface area contributed by atoms with E-state index < -0.39 is 0 Å². The van der Waals surface area contributed by atoms with Gasteiger partial charge in [0.25, 0.3) is 11.5 Å². The van der Waals surface area contributed by atoms with Crippen molar-refractivity contribution >= 4 is 5.91 Å². The third kappa shape index (κ3) is 3.76. The minimum Gasteiger partial charge on any atom is -0.494 e. The van der Waals surface area contributed by atoms with Crippen molar-refractivity contribution in [3.8, 4) is 11.4 Å². The van der Waals surface area contributed by atoms with Gasteiger partial charge in [0, 0.05) is 0 Å². The first-order chi connectivity index (χ1) is 12.5. The van der Waals surface area contributed by atoms with Crippen LogP contribution < -0.4 is 20.6 Å². The van der Waals surface area contributed by atoms with Crippen molar-refractivity contribution in [1.29, 1.82) is 0 Å². The van der Waals surface area contributed by atoms with Crippen LogP contribution in [0, 0.1) is 6.92 Å². The number of carbonyl (C=O) groups is 1. The summed E-state index contributed by atoms with van der Waals surface area (Å²) in [5.74, 6) is -0.221. The molecule has 1 aliphatic rings. The molecule has 8 heteroatoms. The Bertz CT molecular complexity index is 856. The summed E-state index contributed by atoms with van der Waals surface area (Å²) >= 11 is 0. The minimum absolute atomic E-state index is 0.0848. The van der Waals surface area contributed by atoms with Gasteiger partial charge < -0.3 is 9.64 Å². The van der Waals surface area contributed by atoms with Gasteiger partial charge in [-0.15, -0.1) is 0 Å². The fraction of sp³-hybridized carbons (Fsp3) is 0.389. The van der Waals surface area contributed by atoms with Crippen molar-refractivity contribution in [3.63, 3.8) is 0 Å². The summed E-state index contributed by atoms with van der Waals surface area (Å²) in [6.07, 6.45) is 0. The number of carbonyl (C=O) groups excluding carboxylic acids is 1. The molecule has 1 aliphatic heterocycles. The summed E-state index contributed by atoms with van der Waals surface area (Å²) in [7, 11) is 3.55. The van der Waals surface area contributed by atoms with Gasteiger partial charge in [0.15, 0.2) is 11.4 Å². The molecule has 2 N–H and O–H groups in total. The number of quaternary nitrogens is 1. The third-order valence-corrected chi connectivity index (χ3v) is 4.55. The number of amides is 1. The van der Waals surface area contributed by atoms with Gasteiger partial charge >= 0.3 is 0 Å². The molecule has 0 unspecified atom stereocenters. The van der Waals surface area contributed by atoms with E-state index in [1.54, 1.807) is 6.07 Å². The maximum Gasteiger partial charge on any atom is 0.289 e. The van der Waals surface area contributed by atoms with E-state index in [9.17, 15) is 9.59 Å². The molecule has 0 saturated carbocycles. The van der Waals surface area contributed by atoms with Crippen molar-refractivity contribution in [3.05, 3.63) is 51.9 Å². The Kier molecular flexibility index (Phi) is 5.34. The molecule has 0 radical (unpaired) electrons. The second-order valence-electron chi connectivity index (χ2n) is 6.48. The highest BCUT2D eigenvalue weighted by molar-refractivity contribution is 5.94. The zero-order chi connectivity index (χ0) is 18.7. The minimum atomic E-state index is -0.385. The number of ether oxygens (including phenoxy) is 1. The predicted octanol–water partition coefficient (Wildman–Crippen LogP) is -0.975. The van der Waals surface area contributed by atoms with Gasteiger partial charge in [-0.05, 0) is 18.6 Å². The van der Waals surface area contributed by atoms with Gasteiger partial charge in [0.1, 0.15) is 0 Å². The Hall–Kier alpha value is -2.71. The molecule has 138 valence electrons. The van der Waals surface area contributed by atoms with E-state index >= 15 is 0 Å². The number of aryl methyl sites for hydroxylation is 1. The lowest BCUT2D eigenvalue weighted by molar-refractivity contribution is -0.884. The largest absolute Gasteiger partial charge is 0.494 e. The molecule has 1 aromatic heterocycles. The second kappa shape index (κ2) is 7.67. The topological polar surface area (TPSA) is 80.9 Å². The molecule has 26 heavy (non-hydrogen) atoms. The number of aromatic nitrogens is 2. The number of nitrogens with one attached hydrogen (secondary N) is 2. The average Bonchev–Trinajstić information content (AvgIpc) is 2.64. The van der Waals surface area contributed by atoms with E-state index in [0.29, 0.717) is 5.69 Å². The number of nitrogens with zero attached hydrogens (tertiary/aromatic N) is 3. The Morgan fingerprint density at radius 1 is 1.27 bits per heavy atom. The first kappa shape index (κ1) is 18.1. The van der Waals surface area contributed by atoms with Crippen LogP contribution in [0.1, 0.15) is 16.1 Å². The van der Waals surface area contributed by atoms with Crippen LogP contribution in [0.5, 0.6) is 5.75 Å². The highest BCUT2D eigenvalue weighted by atomic mass is 16.5. The molecule has 0 atom stereocenters. The molecular formula is C18H24N5O3+. The third-order valence-electron chi connectivity index (χ3n) is 4.55. The van der Waals surface area contributed by atoms with Crippen LogP contribution in [-0.4, -0.2) is 61.0 Å². The number of para-hydroxylation sites is 1. The molecule has 8 nitrogen and oxygen atoms in total. The van der Waals surface area contributed by atoms with Crippen molar-refractivity contribution in [2.45, 2.75) is 6.92 Å². The molecule has 2 aromatic rings. The van der Waals surface area contributed by atoms with Crippen LogP contribution in [-0.2, 0) is 0 Å². The summed E-state index contributed by atoms with van der Waals surface area (Å²) in [6, 6.07) is 8.69. The highest BCUT2D eigenvalue weighted by Gasteiger charge is 2.23. The van der Waals surface area contributed by atoms with E-state index in [4.69, 9.17) is 4.74 Å². The molecule has 1 aromatic carbocycles. The van der Waals surface area contributed by atoms with Gasteiger partial charge in [0.05, 0.1) is 52.1 Å². The van der Waals surface area contributed by atoms with Crippen molar-refractivity contribution in [2.75, 3.05) is 40.3 Å². The smallest absolute Gasteiger partial charge is 0.289 e. The number of hydrogen-bond donors (Lipinski definition) is 2. The van der Waals surface area contributed by atoms with E-state index in [-0.39, 0.29) is 22.9 Å². The molecule has 0 bridgehead atoms. The quantitative estimate of drug-likeness (QED) is 0.735. The number of piperazine rings is 1. The molecule has 0 aliphatic carbocycles. The van der Waals surface area contributed by atoms with Crippen LogP contribution >= 0.6 is 0 Å². The first-order valence-corrected chi connectivity index (χ1v) is 8.61. The molecule has 1 fully saturated rings. The predicted molar refractivity (Wildman–Crippen MR) is 96.8 cm³/mol. The Morgan fingerprint density at radius 2 is 1.96 bits per heavy atom. The van der Waals surface area contributed by atoms with E-state index in [1.807, 2.05) is 30.1 Å². The summed E-state index contributed by atoms with van der Waals surface area (Å²) in [5, 5.41) is 6.16. The zero-order valence-corrected chi connectivity index (χ0v) is 15.3. The first-order valence-electron chi connectivity index (χ1n) is 8.61. The van der Waals surface area contributed by atoms with E-state index in [2.05, 4.69) is 17.6 Å². The van der Waals surface area contributed by atoms with Crippen LogP contribution in [0.3, 0.4) is 0 Å². The Balaban J connectivity index is 1.93. The van der Waals surface area contributed by atoms with Crippen molar-refractivity contribution < 1.29 is 14.4 Å². The molecule has 1 saturated heterocycles. The number of rotatable bonds is 4. The van der Waals surface area contributed by atoms with Crippen LogP contribution in [0.2, 0.25) is 0 Å². The summed E-state index contributed by atoms with van der Waals surface area (Å²) in [4.78, 5) is 26.6. The SMILES string of the molecule is COc1cc(=O)n(-c2ccccc2C)nc1C(=O)NN1CC[NH+](C)CC1. The monoisotopic (exact) mass is 358 g/mol. The number of hydrazine groups is 1. The maximum absolute atomic E-state index is 12.7. The molecule has 2 heterocycles. The molecule has 3 rings (SSSR count). The van der Waals surface area contributed by atoms with Gasteiger partial charge in [-0.1, -0.05) is 18.2 Å². The van der Waals surface area contributed by atoms with Crippen LogP contribution in [0.25, 0.3) is 5.69 Å². The maximum atomic E-state index is 12.7. The van der Waals surface area contributed by atoms with Crippen molar-refractivity contribution in [1.82, 2.24) is 20.2 Å². The van der Waals surface area contributed by atoms with Gasteiger partial charge in [-0.3, -0.25) is 15.0 Å². The summed E-state index contributed by atoms with van der Waals surface area (Å²) < 4.78 is 6.45. The zero-order valence-electron chi connectivity index (χ0n) is 15.3. The standard InChI is InChI=1S/C18H23N5O3/c1-13-6-4-5-7-14(13)23-16(24)12-15(26-3)17(19-23)18(25)20-22-10-8-21(2)9-11-22/h4-7,12H,8-11H2,1-3H3,(H,20,25)/p+1. The van der Waals surface area contributed by atoms with Gasteiger partial charge in [0.2, 0.25) is 0 Å². The fourth-order valence-corrected chi connectivity index (χ4v) is 2.92. The Morgan fingerprint density at radius 3 is 2.62 bits per heavy atom. The number of methoxy groups -OCH3 is 1. The van der Waals surface area contributed by atoms with Gasteiger partial charge in [-0.25, -0.2) is 5.01 Å². The van der Waals surface area contributed by atoms with Crippen LogP contribution in [0.4, 0.5) is 0 Å². The fourth-order valence-electron chi connectivity index (χ4n) is 2.92. The van der Waals surface area contributed by atoms with Gasteiger partial charge in [-0.2, -0.15) is 9.78 Å². The number of benzene rings is 1. The summed E-state index contributed by atoms with van der Waals surface area (Å²) in [5.41, 5.74) is 4.13. The molecule has 0 spiro atoms. The normalized spacial score (nSPS) is 15.7. The molecule has 1 amide bonds. The lowest BCUT2D eigenvalue weighted by atomic mass is 10.2. The lowest BCUT2D eigenvalue weighted by Gasteiger charge is -2.30. The average molecular weight is 358 g/mol. The second-order valence-corrected chi connectivity index (χ2v) is 6.48. The summed E-state index contributed by atoms with van der Waals surface area (Å²) in [6.45, 7) is 5.32. The molecular weight excluding hydrogens is 334 g/mol. The van der Waals surface area contributed by atoms with E-state index in [0.717, 1.165) is 31.7 Å². The van der Waals surface area contributed by atoms with Crippen LogP contribution in [0.15, 0.2) is 35.1 Å². The Labute approximate surface area is 151 Å². The number of hydrogen-bond acceptors (Lipinski definition) is 5. The number of likely N-dealkylation sites (N-methyl/N-ethyl adjacent to an activating group) is 1. The van der Waals surface area contributed by atoms with Crippen molar-refractivity contribution in [2.24, 2.45) is 0 Å². The lowest BCUT2D eigenvalue weighted by Crippen LogP contribution is -3.12. The highest BCUT2D eigenvalue weighted by Crippen LogP contribution is 2.16. The van der Waals surface area contributed by atoms with E-state index in [1.165, 1.54) is 22.8 Å².